The smallest absolute Gasteiger partial charge is 0.0541 e. The zero-order chi connectivity index (χ0) is 40.6. The molecule has 10 rings (SSSR count). The van der Waals surface area contributed by atoms with Crippen molar-refractivity contribution in [3.05, 3.63) is 241 Å². The van der Waals surface area contributed by atoms with Crippen molar-refractivity contribution in [2.75, 3.05) is 5.73 Å². The molecule has 0 radical (unpaired) electrons. The largest absolute Gasteiger partial charge is 0.398 e. The summed E-state index contributed by atoms with van der Waals surface area (Å²) in [4.78, 5) is 0. The normalized spacial score (nSPS) is 10.7. The number of nitrogen functional groups attached to an aromatic ring is 1. The van der Waals surface area contributed by atoms with E-state index in [0.29, 0.717) is 0 Å². The highest BCUT2D eigenvalue weighted by atomic mass is 15.0. The Balaban J connectivity index is 0.000000130. The van der Waals surface area contributed by atoms with Gasteiger partial charge >= 0.3 is 0 Å². The zero-order valence-electron chi connectivity index (χ0n) is 33.9. The second kappa shape index (κ2) is 17.8. The van der Waals surface area contributed by atoms with Crippen molar-refractivity contribution in [3.8, 4) is 50.2 Å². The molecule has 0 unspecified atom stereocenters. The molecular weight excluding hydrogens is 713 g/mol. The summed E-state index contributed by atoms with van der Waals surface area (Å²) in [5.41, 5.74) is 24.2. The van der Waals surface area contributed by atoms with E-state index in [4.69, 9.17) is 5.73 Å². The Hall–Kier alpha value is -7.42. The van der Waals surface area contributed by atoms with Gasteiger partial charge in [-0.2, -0.15) is 0 Å². The number of benzene rings is 9. The highest BCUT2D eigenvalue weighted by Gasteiger charge is 2.13. The van der Waals surface area contributed by atoms with Crippen LogP contribution in [0.2, 0.25) is 0 Å². The lowest BCUT2D eigenvalue weighted by atomic mass is 9.98. The Morgan fingerprint density at radius 1 is 0.305 bits per heavy atom. The van der Waals surface area contributed by atoms with Gasteiger partial charge in [-0.1, -0.05) is 199 Å². The Bertz CT molecular complexity index is 2920. The number of nitrogens with zero attached hydrogens (tertiary/aromatic N) is 1. The first-order valence-electron chi connectivity index (χ1n) is 20.2. The Morgan fingerprint density at radius 3 is 1.34 bits per heavy atom. The number of hydrogen-bond donors (Lipinski definition) is 1. The molecule has 0 bridgehead atoms. The number of nitrogens with two attached hydrogens (primary N) is 1. The topological polar surface area (TPSA) is 30.9 Å². The van der Waals surface area contributed by atoms with Crippen LogP contribution in [0.3, 0.4) is 0 Å². The number of hydrogen-bond acceptors (Lipinski definition) is 1. The molecule has 0 aliphatic heterocycles. The lowest BCUT2D eigenvalue weighted by molar-refractivity contribution is 1.18. The second-order valence-corrected chi connectivity index (χ2v) is 15.1. The van der Waals surface area contributed by atoms with Crippen molar-refractivity contribution in [2.24, 2.45) is 0 Å². The fourth-order valence-corrected chi connectivity index (χ4v) is 7.50. The minimum absolute atomic E-state index is 0.813. The van der Waals surface area contributed by atoms with E-state index in [-0.39, 0.29) is 0 Å². The van der Waals surface area contributed by atoms with Gasteiger partial charge in [-0.15, -0.1) is 0 Å². The maximum Gasteiger partial charge on any atom is 0.0541 e. The van der Waals surface area contributed by atoms with Crippen LogP contribution in [0.1, 0.15) is 16.7 Å². The van der Waals surface area contributed by atoms with E-state index in [0.717, 1.165) is 16.8 Å². The van der Waals surface area contributed by atoms with Crippen molar-refractivity contribution in [3.63, 3.8) is 0 Å². The van der Waals surface area contributed by atoms with Crippen LogP contribution in [0, 0.1) is 20.8 Å². The van der Waals surface area contributed by atoms with Crippen LogP contribution < -0.4 is 5.73 Å². The number of aryl methyl sites for hydroxylation is 3. The molecule has 1 heterocycles. The third-order valence-corrected chi connectivity index (χ3v) is 10.7. The predicted octanol–water partition coefficient (Wildman–Crippen LogP) is 15.3. The summed E-state index contributed by atoms with van der Waals surface area (Å²) in [6.07, 6.45) is 0. The molecule has 2 nitrogen and oxygen atoms in total. The summed E-state index contributed by atoms with van der Waals surface area (Å²) in [7, 11) is 0. The molecule has 0 atom stereocenters. The van der Waals surface area contributed by atoms with Crippen LogP contribution in [-0.4, -0.2) is 4.57 Å². The lowest BCUT2D eigenvalue weighted by Crippen LogP contribution is -1.92. The van der Waals surface area contributed by atoms with Crippen LogP contribution in [0.5, 0.6) is 0 Å². The molecule has 0 aliphatic carbocycles. The Kier molecular flexibility index (Phi) is 11.6. The first kappa shape index (κ1) is 38.5. The molecular formula is C57H48N2. The van der Waals surface area contributed by atoms with Gasteiger partial charge < -0.3 is 10.3 Å². The molecule has 2 N–H and O–H groups in total. The third kappa shape index (κ3) is 8.94. The average molecular weight is 761 g/mol. The second-order valence-electron chi connectivity index (χ2n) is 15.1. The molecule has 9 aromatic carbocycles. The highest BCUT2D eigenvalue weighted by molar-refractivity contribution is 6.10. The summed E-state index contributed by atoms with van der Waals surface area (Å²) in [6.45, 7) is 6.33. The van der Waals surface area contributed by atoms with Crippen molar-refractivity contribution in [1.29, 1.82) is 0 Å². The molecule has 286 valence electrons. The van der Waals surface area contributed by atoms with Gasteiger partial charge in [0.15, 0.2) is 0 Å². The van der Waals surface area contributed by atoms with Gasteiger partial charge in [0.2, 0.25) is 0 Å². The first-order chi connectivity index (χ1) is 28.9. The highest BCUT2D eigenvalue weighted by Crippen LogP contribution is 2.35. The maximum absolute atomic E-state index is 6.06. The predicted molar refractivity (Wildman–Crippen MR) is 254 cm³/mol. The quantitative estimate of drug-likeness (QED) is 0.174. The first-order valence-corrected chi connectivity index (χ1v) is 20.2. The van der Waals surface area contributed by atoms with Gasteiger partial charge in [0.25, 0.3) is 0 Å². The van der Waals surface area contributed by atoms with E-state index in [1.54, 1.807) is 0 Å². The van der Waals surface area contributed by atoms with Crippen LogP contribution in [0.4, 0.5) is 5.69 Å². The van der Waals surface area contributed by atoms with Crippen LogP contribution in [0.25, 0.3) is 72.0 Å². The zero-order valence-corrected chi connectivity index (χ0v) is 33.9. The van der Waals surface area contributed by atoms with E-state index in [9.17, 15) is 0 Å². The van der Waals surface area contributed by atoms with Gasteiger partial charge in [-0.05, 0) is 102 Å². The van der Waals surface area contributed by atoms with Gasteiger partial charge in [0, 0.05) is 27.7 Å². The SMILES string of the molecule is Cc1ccc(-c2ccc3c(c2)c2ccccc2n3-c2ccccc2)cc1.Cc1ccc(-c2cccc(-c3ccccc3N)c2)cc1.Cc1ccc(-c2ccccc2)cc1. The summed E-state index contributed by atoms with van der Waals surface area (Å²) in [6, 6.07) is 78.9. The molecule has 59 heavy (non-hydrogen) atoms. The number of anilines is 1. The van der Waals surface area contributed by atoms with E-state index in [1.807, 2.05) is 24.3 Å². The third-order valence-electron chi connectivity index (χ3n) is 10.7. The van der Waals surface area contributed by atoms with Gasteiger partial charge in [-0.3, -0.25) is 0 Å². The van der Waals surface area contributed by atoms with Crippen molar-refractivity contribution >= 4 is 27.5 Å². The lowest BCUT2D eigenvalue weighted by Gasteiger charge is -2.08. The standard InChI is InChI=1S/C25H19N.C19H17N.C13H12/c1-18-11-13-19(14-12-18)20-15-16-25-23(17-20)22-9-5-6-10-24(22)26(25)21-7-3-2-4-8-21;1-14-9-11-15(12-10-14)16-5-4-6-17(13-16)18-7-2-3-8-19(18)20;1-11-7-9-13(10-8-11)12-5-3-2-4-6-12/h2-17H,1H3;2-13H,20H2,1H3;2-10H,1H3. The molecule has 0 amide bonds. The number of aromatic nitrogens is 1. The van der Waals surface area contributed by atoms with Gasteiger partial charge in [0.1, 0.15) is 0 Å². The Labute approximate surface area is 348 Å². The molecule has 1 aromatic heterocycles. The summed E-state index contributed by atoms with van der Waals surface area (Å²) < 4.78 is 2.35. The van der Waals surface area contributed by atoms with Gasteiger partial charge in [-0.25, -0.2) is 0 Å². The average Bonchev–Trinajstić information content (AvgIpc) is 3.62. The van der Waals surface area contributed by atoms with Gasteiger partial charge in [0.05, 0.1) is 11.0 Å². The van der Waals surface area contributed by atoms with E-state index in [2.05, 4.69) is 226 Å². The van der Waals surface area contributed by atoms with Crippen molar-refractivity contribution in [1.82, 2.24) is 4.57 Å². The van der Waals surface area contributed by atoms with Crippen molar-refractivity contribution < 1.29 is 0 Å². The summed E-state index contributed by atoms with van der Waals surface area (Å²) in [5, 5.41) is 2.59. The number of rotatable bonds is 5. The molecule has 10 aromatic rings. The maximum atomic E-state index is 6.06. The molecule has 0 aliphatic rings. The number of para-hydroxylation sites is 3. The summed E-state index contributed by atoms with van der Waals surface area (Å²) >= 11 is 0. The fourth-order valence-electron chi connectivity index (χ4n) is 7.50. The summed E-state index contributed by atoms with van der Waals surface area (Å²) in [5.74, 6) is 0. The molecule has 2 heteroatoms. The monoisotopic (exact) mass is 760 g/mol. The van der Waals surface area contributed by atoms with E-state index >= 15 is 0 Å². The van der Waals surface area contributed by atoms with Crippen LogP contribution in [-0.2, 0) is 0 Å². The van der Waals surface area contributed by atoms with E-state index < -0.39 is 0 Å². The van der Waals surface area contributed by atoms with Crippen LogP contribution in [0.15, 0.2) is 224 Å². The molecule has 0 saturated heterocycles. The molecule has 0 fully saturated rings. The van der Waals surface area contributed by atoms with Crippen LogP contribution >= 0.6 is 0 Å². The number of fused-ring (bicyclic) bond motifs is 3. The molecule has 0 spiro atoms. The van der Waals surface area contributed by atoms with Crippen molar-refractivity contribution in [2.45, 2.75) is 20.8 Å². The minimum Gasteiger partial charge on any atom is -0.398 e. The Morgan fingerprint density at radius 2 is 0.729 bits per heavy atom. The van der Waals surface area contributed by atoms with E-state index in [1.165, 1.54) is 77.6 Å². The minimum atomic E-state index is 0.813. The molecule has 0 saturated carbocycles. The fraction of sp³-hybridized carbons (Fsp3) is 0.0526.